The molecule has 1 unspecified atom stereocenters. The van der Waals surface area contributed by atoms with E-state index in [1.54, 1.807) is 29.2 Å². The van der Waals surface area contributed by atoms with Gasteiger partial charge >= 0.3 is 0 Å². The van der Waals surface area contributed by atoms with Gasteiger partial charge in [0.2, 0.25) is 0 Å². The maximum Gasteiger partial charge on any atom is 0.288 e. The summed E-state index contributed by atoms with van der Waals surface area (Å²) in [5.74, 6) is -2.50. The van der Waals surface area contributed by atoms with Gasteiger partial charge < -0.3 is 10.6 Å². The van der Waals surface area contributed by atoms with Crippen LogP contribution in [0.1, 0.15) is 23.7 Å². The molecule has 1 saturated heterocycles. The van der Waals surface area contributed by atoms with Gasteiger partial charge in [0.05, 0.1) is 0 Å². The molecule has 2 rings (SSSR count). The monoisotopic (exact) mass is 336 g/mol. The first-order valence-corrected chi connectivity index (χ1v) is 7.36. The van der Waals surface area contributed by atoms with Crippen LogP contribution in [0.3, 0.4) is 0 Å². The van der Waals surface area contributed by atoms with E-state index in [0.717, 1.165) is 6.42 Å². The zero-order chi connectivity index (χ0) is 14.8. The summed E-state index contributed by atoms with van der Waals surface area (Å²) in [6.45, 7) is 3.97. The molecule has 0 saturated carbocycles. The fourth-order valence-corrected chi connectivity index (χ4v) is 2.82. The Morgan fingerprint density at radius 1 is 1.43 bits per heavy atom. The summed E-state index contributed by atoms with van der Waals surface area (Å²) in [5.41, 5.74) is 6.24. The first-order chi connectivity index (χ1) is 9.43. The van der Waals surface area contributed by atoms with E-state index < -0.39 is 5.76 Å². The highest BCUT2D eigenvalue weighted by molar-refractivity contribution is 7.99. The summed E-state index contributed by atoms with van der Waals surface area (Å²) >= 11 is 0.480. The first kappa shape index (κ1) is 18.2. The lowest BCUT2D eigenvalue weighted by molar-refractivity contribution is 0.0777. The third-order valence-corrected chi connectivity index (χ3v) is 4.39. The Balaban J connectivity index is 0.00000220. The second-order valence-corrected chi connectivity index (χ2v) is 6.46. The van der Waals surface area contributed by atoms with Crippen LogP contribution in [0.5, 0.6) is 0 Å². The molecule has 118 valence electrons. The van der Waals surface area contributed by atoms with Crippen LogP contribution in [0.2, 0.25) is 0 Å². The van der Waals surface area contributed by atoms with Crippen LogP contribution in [0, 0.1) is 5.41 Å². The second kappa shape index (κ2) is 7.42. The van der Waals surface area contributed by atoms with E-state index >= 15 is 0 Å². The first-order valence-electron chi connectivity index (χ1n) is 6.48. The van der Waals surface area contributed by atoms with Crippen molar-refractivity contribution < 1.29 is 13.6 Å². The van der Waals surface area contributed by atoms with E-state index in [4.69, 9.17) is 5.73 Å². The van der Waals surface area contributed by atoms with Crippen LogP contribution in [-0.4, -0.2) is 36.2 Å². The Morgan fingerprint density at radius 2 is 2.05 bits per heavy atom. The quantitative estimate of drug-likeness (QED) is 0.859. The van der Waals surface area contributed by atoms with Crippen molar-refractivity contribution in [3.63, 3.8) is 0 Å². The normalized spacial score (nSPS) is 21.5. The lowest BCUT2D eigenvalue weighted by atomic mass is 9.90. The zero-order valence-electron chi connectivity index (χ0n) is 11.7. The lowest BCUT2D eigenvalue weighted by Gasteiger charge is -2.22. The molecule has 1 aromatic rings. The van der Waals surface area contributed by atoms with Gasteiger partial charge in [-0.2, -0.15) is 8.78 Å². The average Bonchev–Trinajstić information content (AvgIpc) is 2.82. The summed E-state index contributed by atoms with van der Waals surface area (Å²) < 4.78 is 24.5. The number of hydrogen-bond acceptors (Lipinski definition) is 3. The number of carbonyl (C=O) groups is 1. The molecule has 1 aliphatic rings. The molecule has 1 fully saturated rings. The van der Waals surface area contributed by atoms with Crippen molar-refractivity contribution in [1.82, 2.24) is 4.90 Å². The smallest absolute Gasteiger partial charge is 0.288 e. The molecular weight excluding hydrogens is 318 g/mol. The van der Waals surface area contributed by atoms with Gasteiger partial charge in [-0.25, -0.2) is 0 Å². The number of nitrogens with two attached hydrogens (primary N) is 1. The van der Waals surface area contributed by atoms with Crippen molar-refractivity contribution in [3.8, 4) is 0 Å². The fraction of sp³-hybridized carbons (Fsp3) is 0.500. The molecule has 1 heterocycles. The van der Waals surface area contributed by atoms with Crippen molar-refractivity contribution in [1.29, 1.82) is 0 Å². The SMILES string of the molecule is CC1(CN)CCN(C(=O)c2ccc(SC(F)F)cc2)C1.Cl. The third-order valence-electron chi connectivity index (χ3n) is 3.66. The molecular formula is C14H19ClF2N2OS. The minimum Gasteiger partial charge on any atom is -0.338 e. The Labute approximate surface area is 133 Å². The minimum atomic E-state index is -2.44. The van der Waals surface area contributed by atoms with Crippen LogP contribution in [-0.2, 0) is 0 Å². The van der Waals surface area contributed by atoms with Crippen molar-refractivity contribution in [2.45, 2.75) is 24.0 Å². The molecule has 0 aromatic heterocycles. The number of halogens is 3. The number of amides is 1. The highest BCUT2D eigenvalue weighted by Gasteiger charge is 2.35. The number of benzene rings is 1. The maximum atomic E-state index is 12.3. The molecule has 0 spiro atoms. The minimum absolute atomic E-state index is 0. The molecule has 0 bridgehead atoms. The molecule has 0 aliphatic carbocycles. The topological polar surface area (TPSA) is 46.3 Å². The summed E-state index contributed by atoms with van der Waals surface area (Å²) in [6, 6.07) is 6.32. The highest BCUT2D eigenvalue weighted by Crippen LogP contribution is 2.30. The molecule has 1 atom stereocenters. The lowest BCUT2D eigenvalue weighted by Crippen LogP contribution is -2.34. The van der Waals surface area contributed by atoms with Gasteiger partial charge in [0, 0.05) is 23.5 Å². The van der Waals surface area contributed by atoms with E-state index in [-0.39, 0.29) is 23.7 Å². The van der Waals surface area contributed by atoms with Gasteiger partial charge in [0.1, 0.15) is 0 Å². The molecule has 0 radical (unpaired) electrons. The maximum absolute atomic E-state index is 12.3. The zero-order valence-corrected chi connectivity index (χ0v) is 13.4. The summed E-state index contributed by atoms with van der Waals surface area (Å²) in [7, 11) is 0. The number of hydrogen-bond donors (Lipinski definition) is 1. The second-order valence-electron chi connectivity index (χ2n) is 5.39. The van der Waals surface area contributed by atoms with E-state index in [0.29, 0.717) is 41.9 Å². The van der Waals surface area contributed by atoms with Crippen LogP contribution >= 0.6 is 24.2 Å². The van der Waals surface area contributed by atoms with Gasteiger partial charge in [-0.1, -0.05) is 18.7 Å². The highest BCUT2D eigenvalue weighted by atomic mass is 35.5. The van der Waals surface area contributed by atoms with Gasteiger partial charge in [-0.05, 0) is 42.6 Å². The third kappa shape index (κ3) is 4.56. The van der Waals surface area contributed by atoms with Crippen molar-refractivity contribution in [2.75, 3.05) is 19.6 Å². The average molecular weight is 337 g/mol. The summed E-state index contributed by atoms with van der Waals surface area (Å²) in [5, 5.41) is 0. The van der Waals surface area contributed by atoms with E-state index in [9.17, 15) is 13.6 Å². The molecule has 7 heteroatoms. The van der Waals surface area contributed by atoms with Crippen LogP contribution < -0.4 is 5.73 Å². The van der Waals surface area contributed by atoms with Crippen LogP contribution in [0.15, 0.2) is 29.2 Å². The molecule has 1 aliphatic heterocycles. The van der Waals surface area contributed by atoms with Crippen molar-refractivity contribution in [2.24, 2.45) is 11.1 Å². The number of nitrogens with zero attached hydrogens (tertiary/aromatic N) is 1. The van der Waals surface area contributed by atoms with Gasteiger partial charge in [0.15, 0.2) is 0 Å². The van der Waals surface area contributed by atoms with Crippen LogP contribution in [0.4, 0.5) is 8.78 Å². The predicted molar refractivity (Wildman–Crippen MR) is 83.2 cm³/mol. The van der Waals surface area contributed by atoms with Gasteiger partial charge in [-0.3, -0.25) is 4.79 Å². The number of alkyl halides is 2. The number of likely N-dealkylation sites (tertiary alicyclic amines) is 1. The van der Waals surface area contributed by atoms with E-state index in [1.807, 2.05) is 0 Å². The molecule has 21 heavy (non-hydrogen) atoms. The van der Waals surface area contributed by atoms with E-state index in [1.165, 1.54) is 0 Å². The number of thioether (sulfide) groups is 1. The standard InChI is InChI=1S/C14H18F2N2OS.ClH/c1-14(8-17)6-7-18(9-14)12(19)10-2-4-11(5-3-10)20-13(15)16;/h2-5,13H,6-9,17H2,1H3;1H. The fourth-order valence-electron chi connectivity index (χ4n) is 2.33. The summed E-state index contributed by atoms with van der Waals surface area (Å²) in [6.07, 6.45) is 0.897. The molecule has 1 amide bonds. The Hall–Kier alpha value is -0.850. The number of carbonyl (C=O) groups excluding carboxylic acids is 1. The Morgan fingerprint density at radius 3 is 2.52 bits per heavy atom. The molecule has 1 aromatic carbocycles. The van der Waals surface area contributed by atoms with Crippen molar-refractivity contribution in [3.05, 3.63) is 29.8 Å². The van der Waals surface area contributed by atoms with Crippen LogP contribution in [0.25, 0.3) is 0 Å². The molecule has 3 nitrogen and oxygen atoms in total. The van der Waals surface area contributed by atoms with Crippen molar-refractivity contribution >= 4 is 30.1 Å². The van der Waals surface area contributed by atoms with Gasteiger partial charge in [0.25, 0.3) is 11.7 Å². The Bertz CT molecular complexity index is 486. The largest absolute Gasteiger partial charge is 0.338 e. The van der Waals surface area contributed by atoms with Gasteiger partial charge in [-0.15, -0.1) is 12.4 Å². The van der Waals surface area contributed by atoms with E-state index in [2.05, 4.69) is 6.92 Å². The Kier molecular flexibility index (Phi) is 6.43. The molecule has 2 N–H and O–H groups in total. The summed E-state index contributed by atoms with van der Waals surface area (Å²) in [4.78, 5) is 14.6. The predicted octanol–water partition coefficient (Wildman–Crippen LogP) is 3.23. The number of rotatable bonds is 4.